The van der Waals surface area contributed by atoms with E-state index in [4.69, 9.17) is 9.47 Å². The van der Waals surface area contributed by atoms with Gasteiger partial charge in [0, 0.05) is 25.9 Å². The normalized spacial score (nSPS) is 22.5. The number of aromatic nitrogens is 1. The van der Waals surface area contributed by atoms with Gasteiger partial charge in [0.05, 0.1) is 6.10 Å². The van der Waals surface area contributed by atoms with Crippen LogP contribution in [0.1, 0.15) is 32.1 Å². The first-order valence-corrected chi connectivity index (χ1v) is 9.48. The van der Waals surface area contributed by atoms with E-state index in [0.717, 1.165) is 26.0 Å². The number of amides is 2. The second kappa shape index (κ2) is 7.61. The van der Waals surface area contributed by atoms with Crippen LogP contribution >= 0.6 is 0 Å². The molecule has 1 aliphatic carbocycles. The van der Waals surface area contributed by atoms with E-state index < -0.39 is 0 Å². The lowest BCUT2D eigenvalue weighted by Gasteiger charge is -2.35. The van der Waals surface area contributed by atoms with Gasteiger partial charge in [0.1, 0.15) is 6.54 Å². The summed E-state index contributed by atoms with van der Waals surface area (Å²) >= 11 is 0. The van der Waals surface area contributed by atoms with Gasteiger partial charge in [-0.25, -0.2) is 4.98 Å². The molecule has 4 rings (SSSR count). The quantitative estimate of drug-likeness (QED) is 0.772. The van der Waals surface area contributed by atoms with Crippen LogP contribution in [0.15, 0.2) is 18.3 Å². The van der Waals surface area contributed by atoms with E-state index in [1.807, 2.05) is 4.90 Å². The summed E-state index contributed by atoms with van der Waals surface area (Å²) in [4.78, 5) is 32.9. The maximum atomic E-state index is 13.0. The fraction of sp³-hybridized carbons (Fsp3) is 0.632. The van der Waals surface area contributed by atoms with E-state index in [0.29, 0.717) is 24.0 Å². The van der Waals surface area contributed by atoms with Crippen LogP contribution in [0.5, 0.6) is 5.75 Å². The molecule has 0 N–H and O–H groups in total. The lowest BCUT2D eigenvalue weighted by molar-refractivity contribution is -0.134. The van der Waals surface area contributed by atoms with E-state index in [-0.39, 0.29) is 31.1 Å². The maximum Gasteiger partial charge on any atom is 0.266 e. The second-order valence-corrected chi connectivity index (χ2v) is 7.32. The summed E-state index contributed by atoms with van der Waals surface area (Å²) < 4.78 is 11.1. The molecule has 140 valence electrons. The Balaban J connectivity index is 1.47. The lowest BCUT2D eigenvalue weighted by atomic mass is 9.85. The minimum Gasteiger partial charge on any atom is -0.480 e. The average Bonchev–Trinajstić information content (AvgIpc) is 3.12. The number of hydrogen-bond acceptors (Lipinski definition) is 5. The number of carbonyl (C=O) groups is 2. The van der Waals surface area contributed by atoms with Crippen LogP contribution in [0.2, 0.25) is 0 Å². The number of fused-ring (bicyclic) bond motifs is 1. The molecule has 3 heterocycles. The van der Waals surface area contributed by atoms with Gasteiger partial charge in [0.15, 0.2) is 18.2 Å². The average molecular weight is 359 g/mol. The van der Waals surface area contributed by atoms with E-state index in [2.05, 4.69) is 4.98 Å². The van der Waals surface area contributed by atoms with E-state index in [1.165, 1.54) is 24.2 Å². The van der Waals surface area contributed by atoms with Crippen LogP contribution in [0, 0.1) is 5.92 Å². The van der Waals surface area contributed by atoms with Gasteiger partial charge in [-0.3, -0.25) is 14.5 Å². The zero-order valence-corrected chi connectivity index (χ0v) is 14.9. The van der Waals surface area contributed by atoms with Gasteiger partial charge in [0.25, 0.3) is 5.91 Å². The van der Waals surface area contributed by atoms with Crippen LogP contribution in [-0.4, -0.2) is 60.7 Å². The third-order valence-electron chi connectivity index (χ3n) is 5.46. The van der Waals surface area contributed by atoms with Gasteiger partial charge >= 0.3 is 0 Å². The van der Waals surface area contributed by atoms with Gasteiger partial charge in [-0.1, -0.05) is 6.42 Å². The summed E-state index contributed by atoms with van der Waals surface area (Å²) in [6, 6.07) is 3.53. The molecule has 0 unspecified atom stereocenters. The molecular weight excluding hydrogens is 334 g/mol. The SMILES string of the molecule is O=C(CN1C(=O)COc2cccnc21)N(CC1CCC1)C[C@H]1CCCO1. The van der Waals surface area contributed by atoms with Crippen LogP contribution in [-0.2, 0) is 14.3 Å². The monoisotopic (exact) mass is 359 g/mol. The van der Waals surface area contributed by atoms with Gasteiger partial charge in [-0.05, 0) is 43.7 Å². The summed E-state index contributed by atoms with van der Waals surface area (Å²) in [7, 11) is 0. The Hall–Kier alpha value is -2.15. The molecule has 2 amide bonds. The number of hydrogen-bond donors (Lipinski definition) is 0. The molecule has 0 radical (unpaired) electrons. The van der Waals surface area contributed by atoms with Crippen molar-refractivity contribution in [2.24, 2.45) is 5.92 Å². The highest BCUT2D eigenvalue weighted by Gasteiger charge is 2.32. The molecule has 1 aromatic heterocycles. The number of nitrogens with zero attached hydrogens (tertiary/aromatic N) is 3. The van der Waals surface area contributed by atoms with Crippen molar-refractivity contribution < 1.29 is 19.1 Å². The largest absolute Gasteiger partial charge is 0.480 e. The van der Waals surface area contributed by atoms with Crippen molar-refractivity contribution in [2.45, 2.75) is 38.2 Å². The first kappa shape index (κ1) is 17.3. The molecular formula is C19H25N3O4. The standard InChI is InChI=1S/C19H25N3O4/c23-17(12-22-18(24)13-26-16-7-2-8-20-19(16)22)21(10-14-4-1-5-14)11-15-6-3-9-25-15/h2,7-8,14-15H,1,3-6,9-13H2/t15-/m1/s1. The lowest BCUT2D eigenvalue weighted by Crippen LogP contribution is -2.49. The Kier molecular flexibility index (Phi) is 5.06. The first-order valence-electron chi connectivity index (χ1n) is 9.48. The van der Waals surface area contributed by atoms with E-state index >= 15 is 0 Å². The summed E-state index contributed by atoms with van der Waals surface area (Å²) in [6.07, 6.45) is 7.37. The van der Waals surface area contributed by atoms with Crippen molar-refractivity contribution >= 4 is 17.6 Å². The number of rotatable bonds is 6. The number of ether oxygens (including phenoxy) is 2. The van der Waals surface area contributed by atoms with Crippen molar-refractivity contribution in [1.82, 2.24) is 9.88 Å². The maximum absolute atomic E-state index is 13.0. The topological polar surface area (TPSA) is 72.0 Å². The molecule has 0 bridgehead atoms. The molecule has 1 aromatic rings. The Morgan fingerprint density at radius 1 is 1.27 bits per heavy atom. The molecule has 0 spiro atoms. The van der Waals surface area contributed by atoms with Crippen molar-refractivity contribution in [3.05, 3.63) is 18.3 Å². The zero-order chi connectivity index (χ0) is 17.9. The summed E-state index contributed by atoms with van der Waals surface area (Å²) in [5, 5.41) is 0. The molecule has 1 atom stereocenters. The van der Waals surface area contributed by atoms with Gasteiger partial charge in [-0.2, -0.15) is 0 Å². The van der Waals surface area contributed by atoms with Crippen LogP contribution in [0.4, 0.5) is 5.82 Å². The predicted octanol–water partition coefficient (Wildman–Crippen LogP) is 1.61. The van der Waals surface area contributed by atoms with Crippen molar-refractivity contribution in [1.29, 1.82) is 0 Å². The first-order chi connectivity index (χ1) is 12.7. The van der Waals surface area contributed by atoms with Crippen molar-refractivity contribution in [3.8, 4) is 5.75 Å². The summed E-state index contributed by atoms with van der Waals surface area (Å²) in [5.74, 6) is 1.28. The summed E-state index contributed by atoms with van der Waals surface area (Å²) in [6.45, 7) is 2.09. The summed E-state index contributed by atoms with van der Waals surface area (Å²) in [5.41, 5.74) is 0. The Bertz CT molecular complexity index is 671. The second-order valence-electron chi connectivity index (χ2n) is 7.32. The molecule has 2 aliphatic heterocycles. The predicted molar refractivity (Wildman–Crippen MR) is 95.0 cm³/mol. The number of carbonyl (C=O) groups excluding carboxylic acids is 2. The fourth-order valence-electron chi connectivity index (χ4n) is 3.73. The molecule has 1 saturated carbocycles. The molecule has 1 saturated heterocycles. The highest BCUT2D eigenvalue weighted by Crippen LogP contribution is 2.30. The van der Waals surface area contributed by atoms with Gasteiger partial charge in [0.2, 0.25) is 5.91 Å². The van der Waals surface area contributed by atoms with Crippen LogP contribution in [0.25, 0.3) is 0 Å². The molecule has 3 aliphatic rings. The highest BCUT2D eigenvalue weighted by atomic mass is 16.5. The molecule has 7 heteroatoms. The Morgan fingerprint density at radius 2 is 2.15 bits per heavy atom. The Morgan fingerprint density at radius 3 is 2.88 bits per heavy atom. The van der Waals surface area contributed by atoms with Gasteiger partial charge in [-0.15, -0.1) is 0 Å². The smallest absolute Gasteiger partial charge is 0.266 e. The highest BCUT2D eigenvalue weighted by molar-refractivity contribution is 6.01. The fourth-order valence-corrected chi connectivity index (χ4v) is 3.73. The minimum atomic E-state index is -0.231. The minimum absolute atomic E-state index is 0.00560. The molecule has 2 fully saturated rings. The number of anilines is 1. The van der Waals surface area contributed by atoms with E-state index in [1.54, 1.807) is 18.3 Å². The Labute approximate surface area is 153 Å². The van der Waals surface area contributed by atoms with Crippen LogP contribution in [0.3, 0.4) is 0 Å². The van der Waals surface area contributed by atoms with E-state index in [9.17, 15) is 9.59 Å². The molecule has 0 aromatic carbocycles. The van der Waals surface area contributed by atoms with Gasteiger partial charge < -0.3 is 14.4 Å². The molecule has 26 heavy (non-hydrogen) atoms. The third kappa shape index (κ3) is 3.67. The third-order valence-corrected chi connectivity index (χ3v) is 5.46. The zero-order valence-electron chi connectivity index (χ0n) is 14.9. The van der Waals surface area contributed by atoms with Crippen molar-refractivity contribution in [3.63, 3.8) is 0 Å². The van der Waals surface area contributed by atoms with Crippen molar-refractivity contribution in [2.75, 3.05) is 37.7 Å². The number of pyridine rings is 1. The molecule has 7 nitrogen and oxygen atoms in total. The van der Waals surface area contributed by atoms with Crippen LogP contribution < -0.4 is 9.64 Å².